The van der Waals surface area contributed by atoms with E-state index in [1.54, 1.807) is 24.3 Å². The molecule has 5 heteroatoms. The molecule has 5 nitrogen and oxygen atoms in total. The van der Waals surface area contributed by atoms with Gasteiger partial charge in [0.25, 0.3) is 0 Å². The Morgan fingerprint density at radius 3 is 2.10 bits per heavy atom. The zero-order chi connectivity index (χ0) is 15.1. The molecule has 0 heterocycles. The first-order chi connectivity index (χ1) is 10.1. The lowest BCUT2D eigenvalue weighted by molar-refractivity contribution is -0.139. The van der Waals surface area contributed by atoms with E-state index in [1.165, 1.54) is 0 Å². The largest absolute Gasteiger partial charge is 0.480 e. The van der Waals surface area contributed by atoms with Crippen molar-refractivity contribution in [1.29, 1.82) is 0 Å². The highest BCUT2D eigenvalue weighted by molar-refractivity contribution is 5.92. The minimum atomic E-state index is -1.07. The lowest BCUT2D eigenvalue weighted by atomic mass is 10.1. The molecule has 0 bridgehead atoms. The van der Waals surface area contributed by atoms with Crippen LogP contribution in [0.4, 0.5) is 10.5 Å². The predicted molar refractivity (Wildman–Crippen MR) is 80.2 cm³/mol. The van der Waals surface area contributed by atoms with E-state index in [1.807, 2.05) is 36.4 Å². The molecular weight excluding hydrogens is 268 g/mol. The average molecular weight is 284 g/mol. The number of hydrogen-bond donors (Lipinski definition) is 3. The van der Waals surface area contributed by atoms with Crippen molar-refractivity contribution in [2.45, 2.75) is 12.5 Å². The molecule has 0 saturated carbocycles. The highest BCUT2D eigenvalue weighted by Crippen LogP contribution is 2.06. The fraction of sp³-hybridized carbons (Fsp3) is 0.125. The molecule has 0 aliphatic rings. The highest BCUT2D eigenvalue weighted by Gasteiger charge is 2.20. The maximum Gasteiger partial charge on any atom is 0.326 e. The normalized spacial score (nSPS) is 11.4. The summed E-state index contributed by atoms with van der Waals surface area (Å²) in [5, 5.41) is 14.3. The lowest BCUT2D eigenvalue weighted by Gasteiger charge is -2.15. The Balaban J connectivity index is 1.96. The Bertz CT molecular complexity index is 599. The lowest BCUT2D eigenvalue weighted by Crippen LogP contribution is -2.44. The van der Waals surface area contributed by atoms with Crippen molar-refractivity contribution in [3.63, 3.8) is 0 Å². The van der Waals surface area contributed by atoms with Gasteiger partial charge in [-0.1, -0.05) is 48.5 Å². The summed E-state index contributed by atoms with van der Waals surface area (Å²) in [6.45, 7) is 0. The van der Waals surface area contributed by atoms with Crippen molar-refractivity contribution in [2.75, 3.05) is 5.32 Å². The second-order valence-electron chi connectivity index (χ2n) is 4.55. The van der Waals surface area contributed by atoms with Crippen molar-refractivity contribution in [1.82, 2.24) is 5.32 Å². The van der Waals surface area contributed by atoms with E-state index in [0.717, 1.165) is 5.56 Å². The molecule has 2 rings (SSSR count). The summed E-state index contributed by atoms with van der Waals surface area (Å²) >= 11 is 0. The average Bonchev–Trinajstić information content (AvgIpc) is 2.48. The summed E-state index contributed by atoms with van der Waals surface area (Å²) < 4.78 is 0. The Hall–Kier alpha value is -2.82. The van der Waals surface area contributed by atoms with Gasteiger partial charge in [-0.15, -0.1) is 0 Å². The number of carboxylic acids is 1. The summed E-state index contributed by atoms with van der Waals surface area (Å²) in [5.41, 5.74) is 1.46. The number of nitrogens with one attached hydrogen (secondary N) is 2. The van der Waals surface area contributed by atoms with Gasteiger partial charge >= 0.3 is 12.0 Å². The van der Waals surface area contributed by atoms with Crippen molar-refractivity contribution in [3.8, 4) is 0 Å². The van der Waals surface area contributed by atoms with Crippen LogP contribution in [0.5, 0.6) is 0 Å². The number of aliphatic carboxylic acids is 1. The van der Waals surface area contributed by atoms with Gasteiger partial charge in [0, 0.05) is 12.1 Å². The molecular formula is C16H16N2O3. The predicted octanol–water partition coefficient (Wildman–Crippen LogP) is 2.50. The molecule has 0 aromatic heterocycles. The standard InChI is InChI=1S/C16H16N2O3/c19-15(20)14(11-12-7-3-1-4-8-12)18-16(21)17-13-9-5-2-6-10-13/h1-10,14H,11H2,(H,19,20)(H2,17,18,21). The zero-order valence-corrected chi connectivity index (χ0v) is 11.3. The van der Waals surface area contributed by atoms with Crippen LogP contribution in [0.25, 0.3) is 0 Å². The molecule has 2 aromatic rings. The van der Waals surface area contributed by atoms with Crippen molar-refractivity contribution in [2.24, 2.45) is 0 Å². The number of carbonyl (C=O) groups excluding carboxylic acids is 1. The van der Waals surface area contributed by atoms with Gasteiger partial charge in [0.1, 0.15) is 6.04 Å². The minimum Gasteiger partial charge on any atom is -0.480 e. The Labute approximate surface area is 122 Å². The maximum absolute atomic E-state index is 11.8. The zero-order valence-electron chi connectivity index (χ0n) is 11.3. The molecule has 0 saturated heterocycles. The smallest absolute Gasteiger partial charge is 0.326 e. The van der Waals surface area contributed by atoms with E-state index in [-0.39, 0.29) is 6.42 Å². The third-order valence-electron chi connectivity index (χ3n) is 2.92. The third-order valence-corrected chi connectivity index (χ3v) is 2.92. The van der Waals surface area contributed by atoms with E-state index in [4.69, 9.17) is 0 Å². The number of rotatable bonds is 5. The van der Waals surface area contributed by atoms with Crippen LogP contribution >= 0.6 is 0 Å². The number of carboxylic acid groups (broad SMARTS) is 1. The van der Waals surface area contributed by atoms with Crippen LogP contribution in [-0.4, -0.2) is 23.1 Å². The Morgan fingerprint density at radius 1 is 0.952 bits per heavy atom. The van der Waals surface area contributed by atoms with Crippen LogP contribution in [0.15, 0.2) is 60.7 Å². The Kier molecular flexibility index (Phi) is 4.93. The molecule has 21 heavy (non-hydrogen) atoms. The fourth-order valence-electron chi connectivity index (χ4n) is 1.90. The number of para-hydroxylation sites is 1. The first-order valence-corrected chi connectivity index (χ1v) is 6.54. The third kappa shape index (κ3) is 4.65. The van der Waals surface area contributed by atoms with E-state index < -0.39 is 18.0 Å². The molecule has 1 unspecified atom stereocenters. The molecule has 0 aliphatic heterocycles. The van der Waals surface area contributed by atoms with E-state index >= 15 is 0 Å². The van der Waals surface area contributed by atoms with Gasteiger partial charge < -0.3 is 15.7 Å². The molecule has 108 valence electrons. The van der Waals surface area contributed by atoms with Crippen molar-refractivity contribution in [3.05, 3.63) is 66.2 Å². The van der Waals surface area contributed by atoms with Gasteiger partial charge in [-0.2, -0.15) is 0 Å². The van der Waals surface area contributed by atoms with Crippen LogP contribution in [-0.2, 0) is 11.2 Å². The molecule has 0 fully saturated rings. The second kappa shape index (κ2) is 7.09. The monoisotopic (exact) mass is 284 g/mol. The number of carbonyl (C=O) groups is 2. The van der Waals surface area contributed by atoms with E-state index in [9.17, 15) is 14.7 Å². The van der Waals surface area contributed by atoms with Gasteiger partial charge in [0.15, 0.2) is 0 Å². The number of anilines is 1. The number of amides is 2. The first kappa shape index (κ1) is 14.6. The molecule has 3 N–H and O–H groups in total. The summed E-state index contributed by atoms with van der Waals surface area (Å²) in [6, 6.07) is 16.5. The van der Waals surface area contributed by atoms with Crippen LogP contribution in [0, 0.1) is 0 Å². The van der Waals surface area contributed by atoms with Gasteiger partial charge in [-0.25, -0.2) is 9.59 Å². The number of benzene rings is 2. The second-order valence-corrected chi connectivity index (χ2v) is 4.55. The van der Waals surface area contributed by atoms with Crippen molar-refractivity contribution < 1.29 is 14.7 Å². The molecule has 0 spiro atoms. The molecule has 2 amide bonds. The van der Waals surface area contributed by atoms with Crippen molar-refractivity contribution >= 4 is 17.7 Å². The summed E-state index contributed by atoms with van der Waals surface area (Å²) in [6.07, 6.45) is 0.235. The van der Waals surface area contributed by atoms with E-state index in [0.29, 0.717) is 5.69 Å². The van der Waals surface area contributed by atoms with Crippen LogP contribution < -0.4 is 10.6 Å². The van der Waals surface area contributed by atoms with Crippen LogP contribution in [0.2, 0.25) is 0 Å². The van der Waals surface area contributed by atoms with Gasteiger partial charge in [0.05, 0.1) is 0 Å². The molecule has 0 aliphatic carbocycles. The van der Waals surface area contributed by atoms with E-state index in [2.05, 4.69) is 10.6 Å². The van der Waals surface area contributed by atoms with Crippen LogP contribution in [0.1, 0.15) is 5.56 Å². The minimum absolute atomic E-state index is 0.235. The Morgan fingerprint density at radius 2 is 1.52 bits per heavy atom. The summed E-state index contributed by atoms with van der Waals surface area (Å²) in [7, 11) is 0. The molecule has 2 aromatic carbocycles. The van der Waals surface area contributed by atoms with Gasteiger partial charge in [-0.05, 0) is 17.7 Å². The molecule has 1 atom stereocenters. The summed E-state index contributed by atoms with van der Waals surface area (Å²) in [4.78, 5) is 23.1. The maximum atomic E-state index is 11.8. The topological polar surface area (TPSA) is 78.4 Å². The van der Waals surface area contributed by atoms with Gasteiger partial charge in [-0.3, -0.25) is 0 Å². The molecule has 0 radical (unpaired) electrons. The van der Waals surface area contributed by atoms with Gasteiger partial charge in [0.2, 0.25) is 0 Å². The highest BCUT2D eigenvalue weighted by atomic mass is 16.4. The fourth-order valence-corrected chi connectivity index (χ4v) is 1.90. The summed E-state index contributed by atoms with van der Waals surface area (Å²) in [5.74, 6) is -1.07. The number of hydrogen-bond acceptors (Lipinski definition) is 2. The first-order valence-electron chi connectivity index (χ1n) is 6.54. The number of urea groups is 1. The quantitative estimate of drug-likeness (QED) is 0.789. The SMILES string of the molecule is O=C(Nc1ccccc1)NC(Cc1ccccc1)C(=O)O. The van der Waals surface area contributed by atoms with Crippen LogP contribution in [0.3, 0.4) is 0 Å².